The van der Waals surface area contributed by atoms with E-state index in [1.54, 1.807) is 5.56 Å². The van der Waals surface area contributed by atoms with Crippen molar-refractivity contribution in [3.05, 3.63) is 57.6 Å². The molecule has 0 radical (unpaired) electrons. The summed E-state index contributed by atoms with van der Waals surface area (Å²) in [5.41, 5.74) is 8.61. The van der Waals surface area contributed by atoms with Gasteiger partial charge in [-0.3, -0.25) is 0 Å². The lowest BCUT2D eigenvalue weighted by Gasteiger charge is -2.26. The first-order chi connectivity index (χ1) is 11.0. The van der Waals surface area contributed by atoms with Crippen molar-refractivity contribution in [1.82, 2.24) is 0 Å². The van der Waals surface area contributed by atoms with Crippen LogP contribution in [0.1, 0.15) is 74.1 Å². The van der Waals surface area contributed by atoms with E-state index < -0.39 is 0 Å². The quantitative estimate of drug-likeness (QED) is 0.529. The fraction of sp³-hybridized carbons (Fsp3) is 0.455. The predicted molar refractivity (Wildman–Crippen MR) is 99.6 cm³/mol. The van der Waals surface area contributed by atoms with E-state index in [0.29, 0.717) is 0 Å². The third-order valence-corrected chi connectivity index (χ3v) is 6.46. The smallest absolute Gasteiger partial charge is 0.0441 e. The molecule has 2 aromatic rings. The van der Waals surface area contributed by atoms with Gasteiger partial charge in [-0.15, -0.1) is 0 Å². The minimum atomic E-state index is 0.0741. The largest absolute Gasteiger partial charge is 0.0840 e. The zero-order valence-electron chi connectivity index (χ0n) is 14.4. The van der Waals surface area contributed by atoms with Gasteiger partial charge in [0.2, 0.25) is 0 Å². The summed E-state index contributed by atoms with van der Waals surface area (Å²) in [4.78, 5) is 0. The van der Waals surface area contributed by atoms with Crippen molar-refractivity contribution < 1.29 is 0 Å². The minimum absolute atomic E-state index is 0.0741. The molecule has 4 rings (SSSR count). The molecule has 0 saturated heterocycles. The highest BCUT2D eigenvalue weighted by molar-refractivity contribution is 6.31. The minimum Gasteiger partial charge on any atom is -0.0840 e. The Morgan fingerprint density at radius 2 is 1.74 bits per heavy atom. The molecule has 0 amide bonds. The van der Waals surface area contributed by atoms with Crippen molar-refractivity contribution in [3.63, 3.8) is 0 Å². The Hall–Kier alpha value is -1.27. The Morgan fingerprint density at radius 1 is 1.00 bits per heavy atom. The molecule has 2 aliphatic carbocycles. The van der Waals surface area contributed by atoms with Crippen LogP contribution < -0.4 is 0 Å². The number of hydrogen-bond donors (Lipinski definition) is 0. The van der Waals surface area contributed by atoms with Crippen LogP contribution in [0.25, 0.3) is 11.1 Å². The highest BCUT2D eigenvalue weighted by atomic mass is 35.5. The normalized spacial score (nSPS) is 19.5. The molecule has 1 saturated carbocycles. The Kier molecular flexibility index (Phi) is 3.57. The van der Waals surface area contributed by atoms with Crippen molar-refractivity contribution in [2.45, 2.75) is 64.2 Å². The highest BCUT2D eigenvalue weighted by Gasteiger charge is 2.38. The van der Waals surface area contributed by atoms with Gasteiger partial charge in [0.15, 0.2) is 0 Å². The number of aryl methyl sites for hydroxylation is 1. The molecule has 23 heavy (non-hydrogen) atoms. The van der Waals surface area contributed by atoms with Crippen LogP contribution in [-0.2, 0) is 5.41 Å². The van der Waals surface area contributed by atoms with E-state index in [1.165, 1.54) is 59.9 Å². The van der Waals surface area contributed by atoms with Crippen LogP contribution in [0.5, 0.6) is 0 Å². The Labute approximate surface area is 144 Å². The van der Waals surface area contributed by atoms with E-state index in [2.05, 4.69) is 51.1 Å². The molecule has 0 heterocycles. The second-order valence-electron chi connectivity index (χ2n) is 7.88. The van der Waals surface area contributed by atoms with Crippen LogP contribution in [0.3, 0.4) is 0 Å². The second-order valence-corrected chi connectivity index (χ2v) is 8.28. The molecule has 2 aliphatic rings. The number of benzene rings is 2. The summed E-state index contributed by atoms with van der Waals surface area (Å²) in [6.07, 6.45) is 6.83. The van der Waals surface area contributed by atoms with Gasteiger partial charge in [0, 0.05) is 10.4 Å². The van der Waals surface area contributed by atoms with Crippen molar-refractivity contribution >= 4 is 11.6 Å². The summed E-state index contributed by atoms with van der Waals surface area (Å²) in [6.45, 7) is 6.83. The number of rotatable bonds is 1. The van der Waals surface area contributed by atoms with Gasteiger partial charge >= 0.3 is 0 Å². The van der Waals surface area contributed by atoms with E-state index in [0.717, 1.165) is 10.9 Å². The molecule has 1 fully saturated rings. The van der Waals surface area contributed by atoms with Crippen molar-refractivity contribution in [1.29, 1.82) is 0 Å². The van der Waals surface area contributed by atoms with Gasteiger partial charge in [0.25, 0.3) is 0 Å². The monoisotopic (exact) mass is 324 g/mol. The third kappa shape index (κ3) is 2.26. The second kappa shape index (κ2) is 5.38. The molecule has 0 spiro atoms. The zero-order chi connectivity index (χ0) is 16.2. The summed E-state index contributed by atoms with van der Waals surface area (Å²) in [7, 11) is 0. The van der Waals surface area contributed by atoms with Gasteiger partial charge in [-0.05, 0) is 65.1 Å². The van der Waals surface area contributed by atoms with Crippen LogP contribution in [-0.4, -0.2) is 0 Å². The fourth-order valence-corrected chi connectivity index (χ4v) is 4.86. The van der Waals surface area contributed by atoms with Crippen LogP contribution in [0.4, 0.5) is 0 Å². The zero-order valence-corrected chi connectivity index (χ0v) is 15.1. The fourth-order valence-electron chi connectivity index (χ4n) is 4.70. The molecule has 0 atom stereocenters. The van der Waals surface area contributed by atoms with E-state index in [4.69, 9.17) is 11.6 Å². The maximum atomic E-state index is 6.49. The van der Waals surface area contributed by atoms with Gasteiger partial charge in [0.1, 0.15) is 0 Å². The molecule has 0 bridgehead atoms. The molecule has 120 valence electrons. The van der Waals surface area contributed by atoms with Gasteiger partial charge in [-0.2, -0.15) is 0 Å². The van der Waals surface area contributed by atoms with E-state index in [9.17, 15) is 0 Å². The van der Waals surface area contributed by atoms with Crippen LogP contribution in [0.15, 0.2) is 30.3 Å². The lowest BCUT2D eigenvalue weighted by Crippen LogP contribution is -2.15. The summed E-state index contributed by atoms with van der Waals surface area (Å²) in [5.74, 6) is 0.723. The summed E-state index contributed by atoms with van der Waals surface area (Å²) in [6, 6.07) is 11.5. The van der Waals surface area contributed by atoms with Crippen LogP contribution in [0, 0.1) is 6.92 Å². The van der Waals surface area contributed by atoms with Crippen molar-refractivity contribution in [2.75, 3.05) is 0 Å². The van der Waals surface area contributed by atoms with E-state index in [-0.39, 0.29) is 5.41 Å². The Balaban J connectivity index is 1.96. The van der Waals surface area contributed by atoms with Gasteiger partial charge in [0.05, 0.1) is 0 Å². The first-order valence-corrected chi connectivity index (χ1v) is 9.32. The number of halogens is 1. The maximum absolute atomic E-state index is 6.49. The molecular formula is C22H25Cl. The number of hydrogen-bond acceptors (Lipinski definition) is 0. The molecule has 1 heteroatoms. The molecule has 0 unspecified atom stereocenters. The molecule has 0 aromatic heterocycles. The van der Waals surface area contributed by atoms with Crippen molar-refractivity contribution in [2.24, 2.45) is 0 Å². The standard InChI is InChI=1S/C22H25Cl/c1-14-12-19-17(13-20(14)23)21-16(15-8-5-4-6-9-15)10-7-11-18(21)22(19,2)3/h7,10-13,15H,4-6,8-9H2,1-3H3. The van der Waals surface area contributed by atoms with Crippen LogP contribution in [0.2, 0.25) is 5.02 Å². The predicted octanol–water partition coefficient (Wildman–Crippen LogP) is 7.00. The van der Waals surface area contributed by atoms with E-state index >= 15 is 0 Å². The maximum Gasteiger partial charge on any atom is 0.0441 e. The average Bonchev–Trinajstić information content (AvgIpc) is 2.77. The van der Waals surface area contributed by atoms with Crippen LogP contribution >= 0.6 is 11.6 Å². The first-order valence-electron chi connectivity index (χ1n) is 8.94. The molecule has 0 aliphatic heterocycles. The third-order valence-electron chi connectivity index (χ3n) is 6.06. The average molecular weight is 325 g/mol. The number of fused-ring (bicyclic) bond motifs is 3. The van der Waals surface area contributed by atoms with Crippen molar-refractivity contribution in [3.8, 4) is 11.1 Å². The molecule has 0 N–H and O–H groups in total. The summed E-state index contributed by atoms with van der Waals surface area (Å²) in [5, 5.41) is 0.894. The SMILES string of the molecule is Cc1cc2c(cc1Cl)-c1c(C3CCCCC3)cccc1C2(C)C. The van der Waals surface area contributed by atoms with Gasteiger partial charge in [-0.1, -0.05) is 69.0 Å². The van der Waals surface area contributed by atoms with Gasteiger partial charge in [-0.25, -0.2) is 0 Å². The first kappa shape index (κ1) is 15.3. The Morgan fingerprint density at radius 3 is 2.48 bits per heavy atom. The topological polar surface area (TPSA) is 0 Å². The molecular weight excluding hydrogens is 300 g/mol. The van der Waals surface area contributed by atoms with Gasteiger partial charge < -0.3 is 0 Å². The molecule has 0 nitrogen and oxygen atoms in total. The highest BCUT2D eigenvalue weighted by Crippen LogP contribution is 2.53. The lowest BCUT2D eigenvalue weighted by atomic mass is 9.78. The molecule has 2 aromatic carbocycles. The summed E-state index contributed by atoms with van der Waals surface area (Å²) >= 11 is 6.49. The Bertz CT molecular complexity index is 764. The lowest BCUT2D eigenvalue weighted by molar-refractivity contribution is 0.444. The summed E-state index contributed by atoms with van der Waals surface area (Å²) < 4.78 is 0. The van der Waals surface area contributed by atoms with E-state index in [1.807, 2.05) is 0 Å².